The molecule has 4 nitrogen and oxygen atoms in total. The number of hydrogen-bond donors (Lipinski definition) is 1. The number of carbonyl (C=O) groups is 1. The van der Waals surface area contributed by atoms with E-state index in [-0.39, 0.29) is 18.0 Å². The first-order valence-corrected chi connectivity index (χ1v) is 7.86. The molecule has 1 aliphatic rings. The summed E-state index contributed by atoms with van der Waals surface area (Å²) in [5.74, 6) is 0.240. The van der Waals surface area contributed by atoms with Crippen LogP contribution in [0.5, 0.6) is 0 Å². The lowest BCUT2D eigenvalue weighted by atomic mass is 10.0. The SMILES string of the molecule is CC1CN(C)CCCN1C(=O)CCC(N)c1ccccc1. The number of nitrogens with zero attached hydrogens (tertiary/aromatic N) is 2. The van der Waals surface area contributed by atoms with E-state index in [0.29, 0.717) is 12.8 Å². The van der Waals surface area contributed by atoms with Gasteiger partial charge in [0, 0.05) is 31.6 Å². The first-order valence-electron chi connectivity index (χ1n) is 7.86. The molecule has 0 aromatic heterocycles. The molecule has 1 amide bonds. The number of carbonyl (C=O) groups excluding carboxylic acids is 1. The summed E-state index contributed by atoms with van der Waals surface area (Å²) in [7, 11) is 2.12. The average Bonchev–Trinajstić information content (AvgIpc) is 2.65. The Morgan fingerprint density at radius 1 is 1.33 bits per heavy atom. The molecule has 1 heterocycles. The monoisotopic (exact) mass is 289 g/mol. The van der Waals surface area contributed by atoms with Gasteiger partial charge in [0.25, 0.3) is 0 Å². The first kappa shape index (κ1) is 16.0. The number of hydrogen-bond acceptors (Lipinski definition) is 3. The van der Waals surface area contributed by atoms with Crippen LogP contribution in [-0.4, -0.2) is 48.4 Å². The van der Waals surface area contributed by atoms with Crippen LogP contribution in [0.1, 0.15) is 37.8 Å². The number of likely N-dealkylation sites (N-methyl/N-ethyl adjacent to an activating group) is 1. The summed E-state index contributed by atoms with van der Waals surface area (Å²) in [5.41, 5.74) is 7.29. The Balaban J connectivity index is 1.86. The molecule has 0 aliphatic carbocycles. The number of nitrogens with two attached hydrogens (primary N) is 1. The molecule has 1 aliphatic heterocycles. The van der Waals surface area contributed by atoms with Crippen LogP contribution in [0.25, 0.3) is 0 Å². The van der Waals surface area contributed by atoms with E-state index in [0.717, 1.165) is 31.6 Å². The predicted octanol–water partition coefficient (Wildman–Crippen LogP) is 2.02. The van der Waals surface area contributed by atoms with Gasteiger partial charge in [0.15, 0.2) is 0 Å². The highest BCUT2D eigenvalue weighted by Crippen LogP contribution is 2.17. The molecule has 21 heavy (non-hydrogen) atoms. The van der Waals surface area contributed by atoms with Crippen molar-refractivity contribution in [3.05, 3.63) is 35.9 Å². The van der Waals surface area contributed by atoms with Gasteiger partial charge in [-0.15, -0.1) is 0 Å². The molecule has 2 N–H and O–H groups in total. The molecule has 0 radical (unpaired) electrons. The van der Waals surface area contributed by atoms with Crippen molar-refractivity contribution in [2.45, 2.75) is 38.3 Å². The molecule has 0 bridgehead atoms. The topological polar surface area (TPSA) is 49.6 Å². The highest BCUT2D eigenvalue weighted by molar-refractivity contribution is 5.76. The van der Waals surface area contributed by atoms with Crippen LogP contribution in [-0.2, 0) is 4.79 Å². The average molecular weight is 289 g/mol. The lowest BCUT2D eigenvalue weighted by molar-refractivity contribution is -0.133. The Morgan fingerprint density at radius 3 is 2.76 bits per heavy atom. The zero-order chi connectivity index (χ0) is 15.2. The molecular formula is C17H27N3O. The lowest BCUT2D eigenvalue weighted by Gasteiger charge is -2.28. The van der Waals surface area contributed by atoms with Crippen LogP contribution in [0, 0.1) is 0 Å². The normalized spacial score (nSPS) is 21.9. The second-order valence-corrected chi connectivity index (χ2v) is 6.11. The summed E-state index contributed by atoms with van der Waals surface area (Å²) in [6.07, 6.45) is 2.29. The van der Waals surface area contributed by atoms with Crippen molar-refractivity contribution in [3.8, 4) is 0 Å². The Morgan fingerprint density at radius 2 is 2.05 bits per heavy atom. The van der Waals surface area contributed by atoms with E-state index in [1.807, 2.05) is 35.2 Å². The van der Waals surface area contributed by atoms with Gasteiger partial charge in [0.1, 0.15) is 0 Å². The zero-order valence-corrected chi connectivity index (χ0v) is 13.2. The second kappa shape index (κ2) is 7.57. The molecule has 1 saturated heterocycles. The molecule has 0 spiro atoms. The van der Waals surface area contributed by atoms with Gasteiger partial charge in [0.05, 0.1) is 0 Å². The summed E-state index contributed by atoms with van der Waals surface area (Å²) < 4.78 is 0. The fourth-order valence-corrected chi connectivity index (χ4v) is 3.03. The van der Waals surface area contributed by atoms with Crippen molar-refractivity contribution in [2.24, 2.45) is 5.73 Å². The molecule has 1 aromatic carbocycles. The van der Waals surface area contributed by atoms with Crippen LogP contribution in [0.3, 0.4) is 0 Å². The van der Waals surface area contributed by atoms with Crippen molar-refractivity contribution < 1.29 is 4.79 Å². The van der Waals surface area contributed by atoms with Crippen molar-refractivity contribution >= 4 is 5.91 Å². The smallest absolute Gasteiger partial charge is 0.222 e. The fourth-order valence-electron chi connectivity index (χ4n) is 3.03. The van der Waals surface area contributed by atoms with Crippen LogP contribution < -0.4 is 5.73 Å². The van der Waals surface area contributed by atoms with Crippen molar-refractivity contribution in [2.75, 3.05) is 26.7 Å². The standard InChI is InChI=1S/C17H27N3O/c1-14-13-19(2)11-6-12-20(14)17(21)10-9-16(18)15-7-4-3-5-8-15/h3-5,7-8,14,16H,6,9-13,18H2,1-2H3. The largest absolute Gasteiger partial charge is 0.339 e. The van der Waals surface area contributed by atoms with Crippen LogP contribution in [0.2, 0.25) is 0 Å². The number of amides is 1. The second-order valence-electron chi connectivity index (χ2n) is 6.11. The Labute approximate surface area is 127 Å². The van der Waals surface area contributed by atoms with Gasteiger partial charge in [-0.25, -0.2) is 0 Å². The Hall–Kier alpha value is -1.39. The van der Waals surface area contributed by atoms with Crippen LogP contribution in [0.15, 0.2) is 30.3 Å². The van der Waals surface area contributed by atoms with E-state index < -0.39 is 0 Å². The minimum Gasteiger partial charge on any atom is -0.339 e. The summed E-state index contributed by atoms with van der Waals surface area (Å²) in [4.78, 5) is 16.8. The van der Waals surface area contributed by atoms with Crippen molar-refractivity contribution in [1.82, 2.24) is 9.80 Å². The van der Waals surface area contributed by atoms with Gasteiger partial charge in [-0.1, -0.05) is 30.3 Å². The molecular weight excluding hydrogens is 262 g/mol. The molecule has 0 saturated carbocycles. The molecule has 1 fully saturated rings. The third-order valence-corrected chi connectivity index (χ3v) is 4.26. The van der Waals surface area contributed by atoms with E-state index in [4.69, 9.17) is 5.73 Å². The first-order chi connectivity index (χ1) is 10.1. The van der Waals surface area contributed by atoms with Gasteiger partial charge >= 0.3 is 0 Å². The molecule has 2 unspecified atom stereocenters. The minimum absolute atomic E-state index is 0.0555. The van der Waals surface area contributed by atoms with Gasteiger partial charge in [-0.3, -0.25) is 4.79 Å². The molecule has 2 atom stereocenters. The predicted molar refractivity (Wildman–Crippen MR) is 85.9 cm³/mol. The maximum atomic E-state index is 12.5. The minimum atomic E-state index is -0.0555. The van der Waals surface area contributed by atoms with E-state index in [1.54, 1.807) is 0 Å². The third-order valence-electron chi connectivity index (χ3n) is 4.26. The zero-order valence-electron chi connectivity index (χ0n) is 13.2. The van der Waals surface area contributed by atoms with Crippen molar-refractivity contribution in [3.63, 3.8) is 0 Å². The fraction of sp³-hybridized carbons (Fsp3) is 0.588. The Bertz CT molecular complexity index is 449. The van der Waals surface area contributed by atoms with E-state index in [2.05, 4.69) is 18.9 Å². The summed E-state index contributed by atoms with van der Waals surface area (Å²) in [6.45, 7) is 5.02. The van der Waals surface area contributed by atoms with E-state index in [1.165, 1.54) is 0 Å². The van der Waals surface area contributed by atoms with Crippen LogP contribution >= 0.6 is 0 Å². The summed E-state index contributed by atoms with van der Waals surface area (Å²) >= 11 is 0. The van der Waals surface area contributed by atoms with Crippen molar-refractivity contribution in [1.29, 1.82) is 0 Å². The van der Waals surface area contributed by atoms with Gasteiger partial charge < -0.3 is 15.5 Å². The summed E-state index contributed by atoms with van der Waals surface area (Å²) in [5, 5.41) is 0. The molecule has 4 heteroatoms. The van der Waals surface area contributed by atoms with Gasteiger partial charge in [-0.2, -0.15) is 0 Å². The van der Waals surface area contributed by atoms with E-state index in [9.17, 15) is 4.79 Å². The maximum Gasteiger partial charge on any atom is 0.222 e. The number of benzene rings is 1. The van der Waals surface area contributed by atoms with Gasteiger partial charge in [0.2, 0.25) is 5.91 Å². The Kier molecular flexibility index (Phi) is 5.76. The quantitative estimate of drug-likeness (QED) is 0.922. The molecule has 2 rings (SSSR count). The molecule has 116 valence electrons. The van der Waals surface area contributed by atoms with E-state index >= 15 is 0 Å². The maximum absolute atomic E-state index is 12.5. The van der Waals surface area contributed by atoms with Gasteiger partial charge in [-0.05, 0) is 38.9 Å². The van der Waals surface area contributed by atoms with Crippen LogP contribution in [0.4, 0.5) is 0 Å². The highest BCUT2D eigenvalue weighted by Gasteiger charge is 2.24. The lowest BCUT2D eigenvalue weighted by Crippen LogP contribution is -2.42. The highest BCUT2D eigenvalue weighted by atomic mass is 16.2. The molecule has 1 aromatic rings. The number of rotatable bonds is 4. The third kappa shape index (κ3) is 4.55. The summed E-state index contributed by atoms with van der Waals surface area (Å²) in [6, 6.07) is 10.2.